The average molecular weight is 453 g/mol. The first kappa shape index (κ1) is 23.4. The van der Waals surface area contributed by atoms with E-state index in [-0.39, 0.29) is 34.4 Å². The van der Waals surface area contributed by atoms with E-state index in [0.717, 1.165) is 31.3 Å². The lowest BCUT2D eigenvalue weighted by molar-refractivity contribution is -0.140. The summed E-state index contributed by atoms with van der Waals surface area (Å²) in [5, 5.41) is 10.8. The van der Waals surface area contributed by atoms with Gasteiger partial charge in [0.05, 0.1) is 6.10 Å². The first-order valence-corrected chi connectivity index (χ1v) is 13.4. The fraction of sp³-hybridized carbons (Fsp3) is 0.767. The van der Waals surface area contributed by atoms with Crippen LogP contribution in [0.1, 0.15) is 86.5 Å². The third-order valence-corrected chi connectivity index (χ3v) is 11.4. The minimum atomic E-state index is -0.188. The highest BCUT2D eigenvalue weighted by Gasteiger charge is 2.62. The summed E-state index contributed by atoms with van der Waals surface area (Å²) in [7, 11) is 0. The van der Waals surface area contributed by atoms with E-state index in [1.807, 2.05) is 13.0 Å². The molecule has 1 aliphatic heterocycles. The Hall–Kier alpha value is -1.35. The molecule has 5 rings (SSSR count). The molecule has 0 radical (unpaired) electrons. The molecular formula is C30H44O3. The van der Waals surface area contributed by atoms with Gasteiger partial charge in [0.2, 0.25) is 0 Å². The maximum atomic E-state index is 11.8. The van der Waals surface area contributed by atoms with E-state index in [0.29, 0.717) is 29.6 Å². The van der Waals surface area contributed by atoms with Gasteiger partial charge in [0.15, 0.2) is 0 Å². The molecule has 0 amide bonds. The summed E-state index contributed by atoms with van der Waals surface area (Å²) in [6.45, 7) is 18.6. The summed E-state index contributed by atoms with van der Waals surface area (Å²) in [5.74, 6) is 2.52. The van der Waals surface area contributed by atoms with Crippen molar-refractivity contribution in [1.29, 1.82) is 0 Å². The number of hydrogen-bond acceptors (Lipinski definition) is 3. The Kier molecular flexibility index (Phi) is 5.37. The van der Waals surface area contributed by atoms with E-state index in [1.165, 1.54) is 24.8 Å². The van der Waals surface area contributed by atoms with E-state index >= 15 is 0 Å². The largest absolute Gasteiger partial charge is 0.455 e. The van der Waals surface area contributed by atoms with Crippen molar-refractivity contribution in [2.24, 2.45) is 45.8 Å². The molecule has 1 N–H and O–H groups in total. The van der Waals surface area contributed by atoms with Crippen LogP contribution in [-0.4, -0.2) is 23.3 Å². The Morgan fingerprint density at radius 3 is 2.58 bits per heavy atom. The zero-order valence-corrected chi connectivity index (χ0v) is 21.6. The van der Waals surface area contributed by atoms with Crippen molar-refractivity contribution in [3.63, 3.8) is 0 Å². The first-order valence-electron chi connectivity index (χ1n) is 13.4. The lowest BCUT2D eigenvalue weighted by Crippen LogP contribution is -2.54. The van der Waals surface area contributed by atoms with Crippen LogP contribution in [-0.2, 0) is 9.53 Å². The summed E-state index contributed by atoms with van der Waals surface area (Å²) in [6.07, 6.45) is 12.1. The monoisotopic (exact) mass is 452 g/mol. The molecule has 0 spiro atoms. The van der Waals surface area contributed by atoms with E-state index in [2.05, 4.69) is 40.7 Å². The Bertz CT molecular complexity index is 925. The third-order valence-electron chi connectivity index (χ3n) is 11.4. The number of aliphatic hydroxyl groups is 1. The fourth-order valence-corrected chi connectivity index (χ4v) is 9.22. The quantitative estimate of drug-likeness (QED) is 0.386. The second-order valence-electron chi connectivity index (χ2n) is 13.3. The first-order chi connectivity index (χ1) is 15.4. The van der Waals surface area contributed by atoms with Gasteiger partial charge in [0.1, 0.15) is 6.10 Å². The summed E-state index contributed by atoms with van der Waals surface area (Å²) in [5.41, 5.74) is 4.40. The SMILES string of the molecule is C=C1C2C[C@H]3C(=CC[C@H]4C(C)(C)[C@H](O)CC[C@]34C)[C@]2(C)CC[C@@H]1[C@H](C)C[C@H]1C=C(C)C(=O)O1. The average Bonchev–Trinajstić information content (AvgIpc) is 3.22. The van der Waals surface area contributed by atoms with Crippen LogP contribution < -0.4 is 0 Å². The number of allylic oxidation sites excluding steroid dienone is 3. The van der Waals surface area contributed by atoms with Crippen molar-refractivity contribution < 1.29 is 14.6 Å². The molecule has 1 heterocycles. The van der Waals surface area contributed by atoms with Crippen LogP contribution >= 0.6 is 0 Å². The lowest BCUT2D eigenvalue weighted by atomic mass is 9.47. The molecule has 3 fully saturated rings. The number of rotatable bonds is 3. The van der Waals surface area contributed by atoms with Crippen molar-refractivity contribution in [3.05, 3.63) is 35.5 Å². The number of hydrogen-bond donors (Lipinski definition) is 1. The van der Waals surface area contributed by atoms with E-state index in [4.69, 9.17) is 11.3 Å². The van der Waals surface area contributed by atoms with Gasteiger partial charge in [-0.25, -0.2) is 4.79 Å². The number of ether oxygens (including phenoxy) is 1. The molecule has 0 aromatic carbocycles. The maximum Gasteiger partial charge on any atom is 0.334 e. The van der Waals surface area contributed by atoms with Gasteiger partial charge in [-0.3, -0.25) is 0 Å². The van der Waals surface area contributed by atoms with Crippen molar-refractivity contribution in [3.8, 4) is 0 Å². The van der Waals surface area contributed by atoms with Crippen LogP contribution in [0.15, 0.2) is 35.5 Å². The highest BCUT2D eigenvalue weighted by molar-refractivity contribution is 5.90. The molecule has 0 saturated heterocycles. The minimum Gasteiger partial charge on any atom is -0.455 e. The lowest BCUT2D eigenvalue weighted by Gasteiger charge is -2.58. The molecule has 0 bridgehead atoms. The van der Waals surface area contributed by atoms with Crippen molar-refractivity contribution in [1.82, 2.24) is 0 Å². The van der Waals surface area contributed by atoms with Crippen LogP contribution in [0.4, 0.5) is 0 Å². The standard InChI is InChI=1S/C30H44O3/c1-17(14-20-15-18(2)27(32)33-20)21-10-12-29(6)22-8-9-25-28(4,5)26(31)11-13-30(25,7)24(22)16-23(29)19(21)3/h8,15,17,20-21,23-26,31H,3,9-14,16H2,1-2,4-7H3/t17-,20+,21-,23?,24+,25+,26-,29+,30-/m1/s1. The van der Waals surface area contributed by atoms with Crippen LogP contribution in [0, 0.1) is 45.8 Å². The Labute approximate surface area is 200 Å². The van der Waals surface area contributed by atoms with Gasteiger partial charge in [-0.2, -0.15) is 0 Å². The summed E-state index contributed by atoms with van der Waals surface area (Å²) in [4.78, 5) is 11.8. The van der Waals surface area contributed by atoms with Crippen molar-refractivity contribution in [2.45, 2.75) is 98.7 Å². The van der Waals surface area contributed by atoms with Gasteiger partial charge in [0, 0.05) is 5.57 Å². The predicted octanol–water partition coefficient (Wildman–Crippen LogP) is 6.63. The van der Waals surface area contributed by atoms with Crippen LogP contribution in [0.2, 0.25) is 0 Å². The Morgan fingerprint density at radius 2 is 1.91 bits per heavy atom. The molecule has 3 saturated carbocycles. The highest BCUT2D eigenvalue weighted by Crippen LogP contribution is 2.70. The number of esters is 1. The van der Waals surface area contributed by atoms with Gasteiger partial charge >= 0.3 is 5.97 Å². The predicted molar refractivity (Wildman–Crippen MR) is 132 cm³/mol. The minimum absolute atomic E-state index is 0.0257. The molecule has 0 aromatic rings. The molecular weight excluding hydrogens is 408 g/mol. The van der Waals surface area contributed by atoms with Crippen LogP contribution in [0.3, 0.4) is 0 Å². The highest BCUT2D eigenvalue weighted by atomic mass is 16.5. The normalized spacial score (nSPS) is 47.1. The number of cyclic esters (lactones) is 1. The smallest absolute Gasteiger partial charge is 0.334 e. The number of aliphatic hydroxyl groups excluding tert-OH is 1. The zero-order valence-electron chi connectivity index (χ0n) is 21.6. The molecule has 5 aliphatic rings. The summed E-state index contributed by atoms with van der Waals surface area (Å²) < 4.78 is 5.56. The van der Waals surface area contributed by atoms with E-state index in [1.54, 1.807) is 5.57 Å². The third kappa shape index (κ3) is 3.27. The van der Waals surface area contributed by atoms with Gasteiger partial charge in [-0.15, -0.1) is 0 Å². The van der Waals surface area contributed by atoms with Crippen LogP contribution in [0.25, 0.3) is 0 Å². The molecule has 3 nitrogen and oxygen atoms in total. The second kappa shape index (κ2) is 7.57. The molecule has 1 unspecified atom stereocenters. The molecule has 33 heavy (non-hydrogen) atoms. The van der Waals surface area contributed by atoms with E-state index in [9.17, 15) is 9.90 Å². The number of carbonyl (C=O) groups excluding carboxylic acids is 1. The Morgan fingerprint density at radius 1 is 1.18 bits per heavy atom. The topological polar surface area (TPSA) is 46.5 Å². The summed E-state index contributed by atoms with van der Waals surface area (Å²) >= 11 is 0. The van der Waals surface area contributed by atoms with Crippen LogP contribution in [0.5, 0.6) is 0 Å². The second-order valence-corrected chi connectivity index (χ2v) is 13.3. The van der Waals surface area contributed by atoms with Gasteiger partial charge in [0.25, 0.3) is 0 Å². The van der Waals surface area contributed by atoms with Gasteiger partial charge < -0.3 is 9.84 Å². The van der Waals surface area contributed by atoms with E-state index < -0.39 is 0 Å². The molecule has 4 aliphatic carbocycles. The maximum absolute atomic E-state index is 11.8. The fourth-order valence-electron chi connectivity index (χ4n) is 9.22. The number of carbonyl (C=O) groups is 1. The van der Waals surface area contributed by atoms with Crippen molar-refractivity contribution >= 4 is 5.97 Å². The number of fused-ring (bicyclic) bond motifs is 5. The van der Waals surface area contributed by atoms with Crippen molar-refractivity contribution in [2.75, 3.05) is 0 Å². The molecule has 3 heteroatoms. The molecule has 9 atom stereocenters. The van der Waals surface area contributed by atoms with Gasteiger partial charge in [-0.05, 0) is 104 Å². The van der Waals surface area contributed by atoms with Gasteiger partial charge in [-0.1, -0.05) is 58.4 Å². The molecule has 182 valence electrons. The molecule has 0 aromatic heterocycles. The summed E-state index contributed by atoms with van der Waals surface area (Å²) in [6, 6.07) is 0. The Balaban J connectivity index is 1.38. The zero-order chi connectivity index (χ0) is 23.9.